The van der Waals surface area contributed by atoms with Crippen molar-refractivity contribution < 1.29 is 4.74 Å². The molecule has 2 fully saturated rings. The Labute approximate surface area is 134 Å². The first kappa shape index (κ1) is 14.2. The van der Waals surface area contributed by atoms with Gasteiger partial charge in [0.1, 0.15) is 10.7 Å². The van der Waals surface area contributed by atoms with E-state index in [-0.39, 0.29) is 0 Å². The number of nitrogens with zero attached hydrogens (tertiary/aromatic N) is 2. The molecule has 1 aliphatic carbocycles. The molecule has 3 heterocycles. The fourth-order valence-corrected chi connectivity index (χ4v) is 4.45. The van der Waals surface area contributed by atoms with Crippen LogP contribution in [0.3, 0.4) is 0 Å². The zero-order chi connectivity index (χ0) is 14.8. The second kappa shape index (κ2) is 6.01. The third-order valence-electron chi connectivity index (χ3n) is 5.24. The Morgan fingerprint density at radius 1 is 1.23 bits per heavy atom. The maximum Gasteiger partial charge on any atom is 0.143 e. The Hall–Kier alpha value is -1.40. The molecule has 0 atom stereocenters. The van der Waals surface area contributed by atoms with Gasteiger partial charge in [-0.05, 0) is 43.9 Å². The summed E-state index contributed by atoms with van der Waals surface area (Å²) < 4.78 is 5.53. The van der Waals surface area contributed by atoms with Crippen LogP contribution in [0.4, 0.5) is 5.69 Å². The number of rotatable bonds is 3. The van der Waals surface area contributed by atoms with E-state index in [1.165, 1.54) is 38.5 Å². The van der Waals surface area contributed by atoms with Gasteiger partial charge >= 0.3 is 0 Å². The van der Waals surface area contributed by atoms with Crippen molar-refractivity contribution in [1.82, 2.24) is 15.2 Å². The Kier molecular flexibility index (Phi) is 3.88. The number of aromatic amines is 1. The Morgan fingerprint density at radius 3 is 2.77 bits per heavy atom. The van der Waals surface area contributed by atoms with E-state index in [0.717, 1.165) is 29.6 Å². The SMILES string of the molecule is c1csc(-c2[nH]ncc2NC2CCC3(CCOCC3)CC2)n1. The molecule has 22 heavy (non-hydrogen) atoms. The molecule has 2 aromatic rings. The van der Waals surface area contributed by atoms with E-state index in [9.17, 15) is 0 Å². The average Bonchev–Trinajstić information content (AvgIpc) is 3.22. The first-order chi connectivity index (χ1) is 10.8. The van der Waals surface area contributed by atoms with Gasteiger partial charge < -0.3 is 10.1 Å². The van der Waals surface area contributed by atoms with Gasteiger partial charge in [-0.3, -0.25) is 5.10 Å². The monoisotopic (exact) mass is 318 g/mol. The molecule has 1 saturated heterocycles. The molecule has 2 aromatic heterocycles. The molecular formula is C16H22N4OS. The van der Waals surface area contributed by atoms with Crippen LogP contribution in [0, 0.1) is 5.41 Å². The van der Waals surface area contributed by atoms with Crippen LogP contribution < -0.4 is 5.32 Å². The van der Waals surface area contributed by atoms with Crippen molar-refractivity contribution in [1.29, 1.82) is 0 Å². The summed E-state index contributed by atoms with van der Waals surface area (Å²) in [5, 5.41) is 13.9. The van der Waals surface area contributed by atoms with Crippen molar-refractivity contribution in [3.05, 3.63) is 17.8 Å². The van der Waals surface area contributed by atoms with E-state index in [1.54, 1.807) is 11.3 Å². The number of hydrogen-bond donors (Lipinski definition) is 2. The smallest absolute Gasteiger partial charge is 0.143 e. The van der Waals surface area contributed by atoms with E-state index < -0.39 is 0 Å². The Bertz CT molecular complexity index is 593. The maximum absolute atomic E-state index is 5.53. The highest BCUT2D eigenvalue weighted by Gasteiger charge is 2.36. The van der Waals surface area contributed by atoms with Crippen LogP contribution in [0.1, 0.15) is 38.5 Å². The van der Waals surface area contributed by atoms with Crippen molar-refractivity contribution in [3.8, 4) is 10.7 Å². The van der Waals surface area contributed by atoms with Gasteiger partial charge in [-0.15, -0.1) is 11.3 Å². The molecule has 0 radical (unpaired) electrons. The summed E-state index contributed by atoms with van der Waals surface area (Å²) >= 11 is 1.64. The van der Waals surface area contributed by atoms with E-state index in [0.29, 0.717) is 11.5 Å². The molecule has 2 aliphatic rings. The first-order valence-electron chi connectivity index (χ1n) is 8.12. The molecule has 1 saturated carbocycles. The molecule has 0 amide bonds. The van der Waals surface area contributed by atoms with E-state index in [2.05, 4.69) is 20.5 Å². The summed E-state index contributed by atoms with van der Waals surface area (Å²) in [6.07, 6.45) is 11.3. The van der Waals surface area contributed by atoms with Crippen LogP contribution in [0.15, 0.2) is 17.8 Å². The molecule has 0 bridgehead atoms. The zero-order valence-electron chi connectivity index (χ0n) is 12.7. The molecule has 4 rings (SSSR count). The average molecular weight is 318 g/mol. The summed E-state index contributed by atoms with van der Waals surface area (Å²) in [4.78, 5) is 4.37. The van der Waals surface area contributed by atoms with Crippen LogP contribution in [0.5, 0.6) is 0 Å². The van der Waals surface area contributed by atoms with Crippen LogP contribution in [-0.4, -0.2) is 34.4 Å². The topological polar surface area (TPSA) is 62.8 Å². The van der Waals surface area contributed by atoms with Crippen LogP contribution in [0.2, 0.25) is 0 Å². The van der Waals surface area contributed by atoms with Crippen molar-refractivity contribution in [3.63, 3.8) is 0 Å². The fraction of sp³-hybridized carbons (Fsp3) is 0.625. The number of anilines is 1. The number of thiazole rings is 1. The molecule has 1 spiro atoms. The molecule has 2 N–H and O–H groups in total. The van der Waals surface area contributed by atoms with Gasteiger partial charge in [-0.25, -0.2) is 4.98 Å². The first-order valence-corrected chi connectivity index (χ1v) is 9.00. The highest BCUT2D eigenvalue weighted by molar-refractivity contribution is 7.13. The lowest BCUT2D eigenvalue weighted by molar-refractivity contribution is -0.00625. The second-order valence-corrected chi connectivity index (χ2v) is 7.42. The van der Waals surface area contributed by atoms with E-state index >= 15 is 0 Å². The van der Waals surface area contributed by atoms with Crippen molar-refractivity contribution in [2.45, 2.75) is 44.6 Å². The van der Waals surface area contributed by atoms with E-state index in [1.807, 2.05) is 17.8 Å². The molecule has 1 aliphatic heterocycles. The molecule has 5 nitrogen and oxygen atoms in total. The molecule has 6 heteroatoms. The van der Waals surface area contributed by atoms with Gasteiger partial charge in [0.2, 0.25) is 0 Å². The zero-order valence-corrected chi connectivity index (χ0v) is 13.5. The summed E-state index contributed by atoms with van der Waals surface area (Å²) in [5.41, 5.74) is 2.66. The summed E-state index contributed by atoms with van der Waals surface area (Å²) in [6.45, 7) is 1.90. The number of H-pyrrole nitrogens is 1. The highest BCUT2D eigenvalue weighted by Crippen LogP contribution is 2.44. The van der Waals surface area contributed by atoms with Crippen molar-refractivity contribution in [2.24, 2.45) is 5.41 Å². The van der Waals surface area contributed by atoms with E-state index in [4.69, 9.17) is 4.74 Å². The minimum absolute atomic E-state index is 0.546. The number of ether oxygens (including phenoxy) is 1. The normalized spacial score (nSPS) is 22.0. The van der Waals surface area contributed by atoms with Crippen LogP contribution in [-0.2, 0) is 4.74 Å². The fourth-order valence-electron chi connectivity index (χ4n) is 3.80. The standard InChI is InChI=1S/C16H22N4OS/c1-3-16(5-8-21-9-6-16)4-2-12(1)19-13-11-18-20-14(13)15-17-7-10-22-15/h7,10-12,19H,1-6,8-9H2,(H,18,20). The van der Waals surface area contributed by atoms with Gasteiger partial charge in [0.05, 0.1) is 11.9 Å². The third kappa shape index (κ3) is 2.77. The van der Waals surface area contributed by atoms with Gasteiger partial charge in [-0.1, -0.05) is 0 Å². The highest BCUT2D eigenvalue weighted by atomic mass is 32.1. The quantitative estimate of drug-likeness (QED) is 0.906. The summed E-state index contributed by atoms with van der Waals surface area (Å²) in [6, 6.07) is 0.546. The summed E-state index contributed by atoms with van der Waals surface area (Å²) in [5.74, 6) is 0. The van der Waals surface area contributed by atoms with Gasteiger partial charge in [0.25, 0.3) is 0 Å². The van der Waals surface area contributed by atoms with Crippen molar-refractivity contribution in [2.75, 3.05) is 18.5 Å². The maximum atomic E-state index is 5.53. The number of nitrogens with one attached hydrogen (secondary N) is 2. The second-order valence-electron chi connectivity index (χ2n) is 6.53. The van der Waals surface area contributed by atoms with Gasteiger partial charge in [0, 0.05) is 30.8 Å². The Balaban J connectivity index is 1.40. The largest absolute Gasteiger partial charge is 0.381 e. The molecular weight excluding hydrogens is 296 g/mol. The van der Waals surface area contributed by atoms with Crippen LogP contribution >= 0.6 is 11.3 Å². The predicted octanol–water partition coefficient (Wildman–Crippen LogP) is 3.68. The molecule has 118 valence electrons. The minimum Gasteiger partial charge on any atom is -0.381 e. The lowest BCUT2D eigenvalue weighted by Crippen LogP contribution is -2.37. The number of aromatic nitrogens is 3. The predicted molar refractivity (Wildman–Crippen MR) is 88.1 cm³/mol. The number of hydrogen-bond acceptors (Lipinski definition) is 5. The van der Waals surface area contributed by atoms with Crippen molar-refractivity contribution >= 4 is 17.0 Å². The Morgan fingerprint density at radius 2 is 2.05 bits per heavy atom. The third-order valence-corrected chi connectivity index (χ3v) is 6.04. The van der Waals surface area contributed by atoms with Gasteiger partial charge in [0.15, 0.2) is 0 Å². The summed E-state index contributed by atoms with van der Waals surface area (Å²) in [7, 11) is 0. The lowest BCUT2D eigenvalue weighted by atomic mass is 9.68. The molecule has 0 unspecified atom stereocenters. The van der Waals surface area contributed by atoms with Crippen LogP contribution in [0.25, 0.3) is 10.7 Å². The lowest BCUT2D eigenvalue weighted by Gasteiger charge is -2.43. The van der Waals surface area contributed by atoms with Gasteiger partial charge in [-0.2, -0.15) is 5.10 Å². The minimum atomic E-state index is 0.546. The molecule has 0 aromatic carbocycles.